The number of ether oxygens (including phenoxy) is 1. The third-order valence-corrected chi connectivity index (χ3v) is 4.98. The van der Waals surface area contributed by atoms with E-state index in [4.69, 9.17) is 4.74 Å². The molecule has 0 radical (unpaired) electrons. The van der Waals surface area contributed by atoms with Crippen LogP contribution in [0.5, 0.6) is 0 Å². The average Bonchev–Trinajstić information content (AvgIpc) is 3.16. The van der Waals surface area contributed by atoms with Gasteiger partial charge in [-0.05, 0) is 43.4 Å². The van der Waals surface area contributed by atoms with Crippen molar-refractivity contribution in [2.24, 2.45) is 17.8 Å². The summed E-state index contributed by atoms with van der Waals surface area (Å²) in [6, 6.07) is 0. The second-order valence-corrected chi connectivity index (χ2v) is 6.66. The summed E-state index contributed by atoms with van der Waals surface area (Å²) in [5, 5.41) is 0. The predicted molar refractivity (Wildman–Crippen MR) is 77.9 cm³/mol. The lowest BCUT2D eigenvalue weighted by molar-refractivity contribution is -0.143. The van der Waals surface area contributed by atoms with Crippen LogP contribution in [0, 0.1) is 17.8 Å². The van der Waals surface area contributed by atoms with E-state index in [2.05, 4.69) is 6.92 Å². The van der Waals surface area contributed by atoms with Gasteiger partial charge in [-0.2, -0.15) is 0 Å². The van der Waals surface area contributed by atoms with Gasteiger partial charge >= 0.3 is 5.97 Å². The van der Waals surface area contributed by atoms with Gasteiger partial charge in [0.1, 0.15) is 0 Å². The summed E-state index contributed by atoms with van der Waals surface area (Å²) in [5.74, 6) is 2.85. The molecule has 0 N–H and O–H groups in total. The van der Waals surface area contributed by atoms with E-state index < -0.39 is 0 Å². The van der Waals surface area contributed by atoms with Crippen molar-refractivity contribution in [3.63, 3.8) is 0 Å². The molecule has 1 saturated heterocycles. The second kappa shape index (κ2) is 7.91. The number of rotatable bonds is 0. The van der Waals surface area contributed by atoms with Gasteiger partial charge in [0.25, 0.3) is 0 Å². The average molecular weight is 266 g/mol. The number of hydrogen-bond acceptors (Lipinski definition) is 2. The Hall–Kier alpha value is -0.530. The highest BCUT2D eigenvalue weighted by atomic mass is 16.5. The van der Waals surface area contributed by atoms with E-state index in [1.807, 2.05) is 0 Å². The van der Waals surface area contributed by atoms with Crippen LogP contribution >= 0.6 is 0 Å². The minimum Gasteiger partial charge on any atom is -0.466 e. The SMILES string of the molecule is CC1CCCCCCCCC(=O)OCCCC2CC12. The molecule has 2 aliphatic rings. The second-order valence-electron chi connectivity index (χ2n) is 6.66. The minimum absolute atomic E-state index is 0.0211. The summed E-state index contributed by atoms with van der Waals surface area (Å²) >= 11 is 0. The first-order valence-corrected chi connectivity index (χ1v) is 8.43. The fraction of sp³-hybridized carbons (Fsp3) is 0.941. The summed E-state index contributed by atoms with van der Waals surface area (Å²) in [5.41, 5.74) is 0. The van der Waals surface area contributed by atoms with E-state index in [0.29, 0.717) is 13.0 Å². The standard InChI is InChI=1S/C17H30O2/c1-14-9-6-4-2-3-5-7-11-17(18)19-12-8-10-15-13-16(14)15/h14-16H,2-13H2,1H3. The lowest BCUT2D eigenvalue weighted by atomic mass is 9.95. The molecule has 2 fully saturated rings. The first-order valence-electron chi connectivity index (χ1n) is 8.43. The Bertz CT molecular complexity index is 274. The van der Waals surface area contributed by atoms with Crippen LogP contribution in [0.15, 0.2) is 0 Å². The zero-order valence-electron chi connectivity index (χ0n) is 12.5. The van der Waals surface area contributed by atoms with Crippen molar-refractivity contribution in [2.75, 3.05) is 6.61 Å². The lowest BCUT2D eigenvalue weighted by Crippen LogP contribution is -2.06. The number of carbonyl (C=O) groups excluding carboxylic acids is 1. The zero-order chi connectivity index (χ0) is 13.5. The van der Waals surface area contributed by atoms with Gasteiger partial charge < -0.3 is 4.74 Å². The molecule has 0 aromatic rings. The highest BCUT2D eigenvalue weighted by Crippen LogP contribution is 2.48. The van der Waals surface area contributed by atoms with Gasteiger partial charge in [-0.3, -0.25) is 4.79 Å². The van der Waals surface area contributed by atoms with Crippen molar-refractivity contribution >= 4 is 5.97 Å². The van der Waals surface area contributed by atoms with E-state index in [1.165, 1.54) is 51.4 Å². The highest BCUT2D eigenvalue weighted by Gasteiger charge is 2.39. The topological polar surface area (TPSA) is 26.3 Å². The molecule has 2 rings (SSSR count). The Labute approximate surface area is 118 Å². The molecule has 19 heavy (non-hydrogen) atoms. The van der Waals surface area contributed by atoms with Crippen LogP contribution in [0.2, 0.25) is 0 Å². The summed E-state index contributed by atoms with van der Waals surface area (Å²) in [6.07, 6.45) is 13.4. The van der Waals surface area contributed by atoms with Gasteiger partial charge in [0.05, 0.1) is 6.61 Å². The fourth-order valence-corrected chi connectivity index (χ4v) is 3.56. The quantitative estimate of drug-likeness (QED) is 0.593. The van der Waals surface area contributed by atoms with Crippen molar-refractivity contribution in [2.45, 2.75) is 77.6 Å². The van der Waals surface area contributed by atoms with E-state index in [0.717, 1.165) is 30.6 Å². The van der Waals surface area contributed by atoms with E-state index in [-0.39, 0.29) is 5.97 Å². The molecule has 0 bridgehead atoms. The van der Waals surface area contributed by atoms with Crippen LogP contribution < -0.4 is 0 Å². The molecule has 0 aromatic carbocycles. The van der Waals surface area contributed by atoms with Gasteiger partial charge in [0, 0.05) is 6.42 Å². The molecule has 2 heteroatoms. The highest BCUT2D eigenvalue weighted by molar-refractivity contribution is 5.69. The molecular formula is C17H30O2. The number of hydrogen-bond donors (Lipinski definition) is 0. The van der Waals surface area contributed by atoms with Crippen LogP contribution in [0.4, 0.5) is 0 Å². The first-order chi connectivity index (χ1) is 9.27. The van der Waals surface area contributed by atoms with Gasteiger partial charge in [0.2, 0.25) is 0 Å². The third-order valence-electron chi connectivity index (χ3n) is 4.98. The first kappa shape index (κ1) is 14.9. The van der Waals surface area contributed by atoms with Crippen LogP contribution in [-0.2, 0) is 9.53 Å². The smallest absolute Gasteiger partial charge is 0.305 e. The van der Waals surface area contributed by atoms with Crippen LogP contribution in [0.25, 0.3) is 0 Å². The van der Waals surface area contributed by atoms with Crippen molar-refractivity contribution in [3.05, 3.63) is 0 Å². The van der Waals surface area contributed by atoms with Crippen LogP contribution in [-0.4, -0.2) is 12.6 Å². The summed E-state index contributed by atoms with van der Waals surface area (Å²) in [7, 11) is 0. The Morgan fingerprint density at radius 1 is 0.947 bits per heavy atom. The van der Waals surface area contributed by atoms with Gasteiger partial charge in [-0.1, -0.05) is 45.4 Å². The summed E-state index contributed by atoms with van der Waals surface area (Å²) in [6.45, 7) is 3.09. The number of carbonyl (C=O) groups is 1. The lowest BCUT2D eigenvalue weighted by Gasteiger charge is -2.12. The van der Waals surface area contributed by atoms with E-state index in [9.17, 15) is 4.79 Å². The molecule has 1 aliphatic heterocycles. The fourth-order valence-electron chi connectivity index (χ4n) is 3.56. The number of cyclic esters (lactones) is 1. The van der Waals surface area contributed by atoms with Crippen molar-refractivity contribution < 1.29 is 9.53 Å². The Morgan fingerprint density at radius 3 is 2.53 bits per heavy atom. The van der Waals surface area contributed by atoms with Gasteiger partial charge in [-0.25, -0.2) is 0 Å². The monoisotopic (exact) mass is 266 g/mol. The molecule has 0 spiro atoms. The van der Waals surface area contributed by atoms with Crippen molar-refractivity contribution in [1.29, 1.82) is 0 Å². The Morgan fingerprint density at radius 2 is 1.68 bits per heavy atom. The number of fused-ring (bicyclic) bond motifs is 1. The largest absolute Gasteiger partial charge is 0.466 e. The maximum absolute atomic E-state index is 11.5. The molecule has 110 valence electrons. The molecule has 3 atom stereocenters. The summed E-state index contributed by atoms with van der Waals surface area (Å²) in [4.78, 5) is 11.5. The Kier molecular flexibility index (Phi) is 6.19. The molecule has 0 aromatic heterocycles. The Balaban J connectivity index is 1.70. The van der Waals surface area contributed by atoms with E-state index in [1.54, 1.807) is 0 Å². The maximum atomic E-state index is 11.5. The van der Waals surface area contributed by atoms with Crippen LogP contribution in [0.3, 0.4) is 0 Å². The predicted octanol–water partition coefficient (Wildman–Crippen LogP) is 4.72. The molecule has 3 unspecified atom stereocenters. The molecule has 0 amide bonds. The van der Waals surface area contributed by atoms with Crippen molar-refractivity contribution in [1.82, 2.24) is 0 Å². The maximum Gasteiger partial charge on any atom is 0.305 e. The normalized spacial score (nSPS) is 35.2. The van der Waals surface area contributed by atoms with Gasteiger partial charge in [-0.15, -0.1) is 0 Å². The molecule has 1 heterocycles. The van der Waals surface area contributed by atoms with E-state index >= 15 is 0 Å². The summed E-state index contributed by atoms with van der Waals surface area (Å²) < 4.78 is 5.30. The minimum atomic E-state index is 0.0211. The number of esters is 1. The van der Waals surface area contributed by atoms with Gasteiger partial charge in [0.15, 0.2) is 0 Å². The van der Waals surface area contributed by atoms with Crippen molar-refractivity contribution in [3.8, 4) is 0 Å². The molecular weight excluding hydrogens is 236 g/mol. The zero-order valence-corrected chi connectivity index (χ0v) is 12.5. The third kappa shape index (κ3) is 5.54. The molecule has 2 nitrogen and oxygen atoms in total. The van der Waals surface area contributed by atoms with Crippen LogP contribution in [0.1, 0.15) is 77.6 Å². The molecule has 1 aliphatic carbocycles. The molecule has 1 saturated carbocycles.